The van der Waals surface area contributed by atoms with Crippen LogP contribution in [0, 0.1) is 0 Å². The molecule has 1 N–H and O–H groups in total. The quantitative estimate of drug-likeness (QED) is 0.839. The van der Waals surface area contributed by atoms with Crippen molar-refractivity contribution in [2.45, 2.75) is 32.5 Å². The SMILES string of the molecule is CC(NCC(C)N1CCOCC1)c1ccccc1OC(F)F. The summed E-state index contributed by atoms with van der Waals surface area (Å²) >= 11 is 0. The fourth-order valence-corrected chi connectivity index (χ4v) is 2.65. The van der Waals surface area contributed by atoms with E-state index in [-0.39, 0.29) is 11.8 Å². The van der Waals surface area contributed by atoms with Gasteiger partial charge in [-0.25, -0.2) is 0 Å². The van der Waals surface area contributed by atoms with Crippen LogP contribution in [0.25, 0.3) is 0 Å². The van der Waals surface area contributed by atoms with Crippen molar-refractivity contribution in [1.82, 2.24) is 10.2 Å². The van der Waals surface area contributed by atoms with Crippen LogP contribution in [0.15, 0.2) is 24.3 Å². The molecule has 2 rings (SSSR count). The number of rotatable bonds is 7. The first-order valence-electron chi connectivity index (χ1n) is 7.67. The fourth-order valence-electron chi connectivity index (χ4n) is 2.65. The minimum atomic E-state index is -2.80. The standard InChI is InChI=1S/C16H24F2N2O2/c1-12(20-7-9-21-10-8-20)11-19-13(2)14-5-3-4-6-15(14)22-16(17)18/h3-6,12-13,16,19H,7-11H2,1-2H3. The van der Waals surface area contributed by atoms with Gasteiger partial charge in [0.15, 0.2) is 0 Å². The molecule has 1 fully saturated rings. The second-order valence-electron chi connectivity index (χ2n) is 5.54. The molecular formula is C16H24F2N2O2. The van der Waals surface area contributed by atoms with Gasteiger partial charge in [-0.1, -0.05) is 18.2 Å². The largest absolute Gasteiger partial charge is 0.434 e. The van der Waals surface area contributed by atoms with Crippen molar-refractivity contribution < 1.29 is 18.3 Å². The molecule has 0 aromatic heterocycles. The zero-order valence-corrected chi connectivity index (χ0v) is 13.1. The molecule has 0 amide bonds. The highest BCUT2D eigenvalue weighted by molar-refractivity contribution is 5.35. The summed E-state index contributed by atoms with van der Waals surface area (Å²) < 4.78 is 34.9. The zero-order chi connectivity index (χ0) is 15.9. The molecule has 6 heteroatoms. The number of para-hydroxylation sites is 1. The Morgan fingerprint density at radius 3 is 2.59 bits per heavy atom. The Morgan fingerprint density at radius 1 is 1.23 bits per heavy atom. The van der Waals surface area contributed by atoms with E-state index in [0.29, 0.717) is 6.04 Å². The molecule has 2 atom stereocenters. The molecule has 1 aromatic rings. The number of alkyl halides is 2. The number of nitrogens with zero attached hydrogens (tertiary/aromatic N) is 1. The normalized spacial score (nSPS) is 19.1. The third kappa shape index (κ3) is 4.90. The van der Waals surface area contributed by atoms with Crippen LogP contribution in [0.3, 0.4) is 0 Å². The van der Waals surface area contributed by atoms with Gasteiger partial charge in [-0.3, -0.25) is 4.90 Å². The van der Waals surface area contributed by atoms with Crippen molar-refractivity contribution in [2.24, 2.45) is 0 Å². The lowest BCUT2D eigenvalue weighted by molar-refractivity contribution is -0.0506. The lowest BCUT2D eigenvalue weighted by Crippen LogP contribution is -2.46. The van der Waals surface area contributed by atoms with E-state index in [1.807, 2.05) is 19.1 Å². The van der Waals surface area contributed by atoms with Crippen molar-refractivity contribution in [1.29, 1.82) is 0 Å². The van der Waals surface area contributed by atoms with Crippen LogP contribution < -0.4 is 10.1 Å². The predicted molar refractivity (Wildman–Crippen MR) is 81.3 cm³/mol. The van der Waals surface area contributed by atoms with Crippen molar-refractivity contribution in [3.63, 3.8) is 0 Å². The molecule has 0 saturated carbocycles. The Balaban J connectivity index is 1.90. The Kier molecular flexibility index (Phi) is 6.54. The van der Waals surface area contributed by atoms with E-state index < -0.39 is 6.61 Å². The third-order valence-corrected chi connectivity index (χ3v) is 3.99. The van der Waals surface area contributed by atoms with Crippen LogP contribution in [0.5, 0.6) is 5.75 Å². The number of ether oxygens (including phenoxy) is 2. The first kappa shape index (κ1) is 17.1. The summed E-state index contributed by atoms with van der Waals surface area (Å²) in [4.78, 5) is 2.37. The highest BCUT2D eigenvalue weighted by Crippen LogP contribution is 2.26. The molecule has 4 nitrogen and oxygen atoms in total. The van der Waals surface area contributed by atoms with E-state index in [1.54, 1.807) is 12.1 Å². The molecule has 22 heavy (non-hydrogen) atoms. The predicted octanol–water partition coefficient (Wildman–Crippen LogP) is 2.66. The van der Waals surface area contributed by atoms with E-state index in [1.165, 1.54) is 0 Å². The highest BCUT2D eigenvalue weighted by atomic mass is 19.3. The maximum Gasteiger partial charge on any atom is 0.387 e. The summed E-state index contributed by atoms with van der Waals surface area (Å²) in [6, 6.07) is 7.23. The van der Waals surface area contributed by atoms with E-state index in [9.17, 15) is 8.78 Å². The number of hydrogen-bond acceptors (Lipinski definition) is 4. The van der Waals surface area contributed by atoms with Crippen LogP contribution in [-0.2, 0) is 4.74 Å². The van der Waals surface area contributed by atoms with Crippen molar-refractivity contribution in [3.8, 4) is 5.75 Å². The van der Waals surface area contributed by atoms with E-state index >= 15 is 0 Å². The number of nitrogens with one attached hydrogen (secondary N) is 1. The number of benzene rings is 1. The molecule has 1 aliphatic heterocycles. The second kappa shape index (κ2) is 8.41. The molecule has 1 aromatic carbocycles. The Hall–Kier alpha value is -1.24. The van der Waals surface area contributed by atoms with E-state index in [2.05, 4.69) is 21.9 Å². The van der Waals surface area contributed by atoms with Gasteiger partial charge in [0.05, 0.1) is 13.2 Å². The van der Waals surface area contributed by atoms with Gasteiger partial charge < -0.3 is 14.8 Å². The molecule has 2 unspecified atom stereocenters. The molecule has 0 radical (unpaired) electrons. The van der Waals surface area contributed by atoms with Crippen molar-refractivity contribution >= 4 is 0 Å². The summed E-state index contributed by atoms with van der Waals surface area (Å²) in [6.07, 6.45) is 0. The number of halogens is 2. The summed E-state index contributed by atoms with van der Waals surface area (Å²) in [6.45, 7) is 5.50. The smallest absolute Gasteiger partial charge is 0.387 e. The second-order valence-corrected chi connectivity index (χ2v) is 5.54. The molecule has 1 saturated heterocycles. The maximum atomic E-state index is 12.5. The van der Waals surface area contributed by atoms with Crippen LogP contribution in [-0.4, -0.2) is 50.4 Å². The minimum Gasteiger partial charge on any atom is -0.434 e. The van der Waals surface area contributed by atoms with Crippen molar-refractivity contribution in [2.75, 3.05) is 32.8 Å². The van der Waals surface area contributed by atoms with Crippen molar-refractivity contribution in [3.05, 3.63) is 29.8 Å². The van der Waals surface area contributed by atoms with Crippen LogP contribution >= 0.6 is 0 Å². The third-order valence-electron chi connectivity index (χ3n) is 3.99. The van der Waals surface area contributed by atoms with Gasteiger partial charge >= 0.3 is 6.61 Å². The molecule has 0 aliphatic carbocycles. The van der Waals surface area contributed by atoms with E-state index in [4.69, 9.17) is 4.74 Å². The first-order valence-corrected chi connectivity index (χ1v) is 7.67. The summed E-state index contributed by atoms with van der Waals surface area (Å²) in [5.41, 5.74) is 0.747. The highest BCUT2D eigenvalue weighted by Gasteiger charge is 2.19. The monoisotopic (exact) mass is 314 g/mol. The molecular weight excluding hydrogens is 290 g/mol. The van der Waals surface area contributed by atoms with Gasteiger partial charge in [0, 0.05) is 37.3 Å². The van der Waals surface area contributed by atoms with Gasteiger partial charge in [-0.05, 0) is 19.9 Å². The lowest BCUT2D eigenvalue weighted by Gasteiger charge is -2.33. The van der Waals surface area contributed by atoms with Gasteiger partial charge in [0.1, 0.15) is 5.75 Å². The summed E-state index contributed by atoms with van der Waals surface area (Å²) in [7, 11) is 0. The molecule has 0 spiro atoms. The van der Waals surface area contributed by atoms with Gasteiger partial charge in [0.2, 0.25) is 0 Å². The zero-order valence-electron chi connectivity index (χ0n) is 13.1. The van der Waals surface area contributed by atoms with Crippen LogP contribution in [0.4, 0.5) is 8.78 Å². The molecule has 1 aliphatic rings. The Labute approximate surface area is 130 Å². The number of morpholine rings is 1. The average Bonchev–Trinajstić information content (AvgIpc) is 2.53. The summed E-state index contributed by atoms with van der Waals surface area (Å²) in [5, 5.41) is 3.40. The minimum absolute atomic E-state index is 0.0570. The van der Waals surface area contributed by atoms with Crippen LogP contribution in [0.2, 0.25) is 0 Å². The average molecular weight is 314 g/mol. The lowest BCUT2D eigenvalue weighted by atomic mass is 10.1. The Bertz CT molecular complexity index is 454. The molecule has 0 bridgehead atoms. The molecule has 124 valence electrons. The summed E-state index contributed by atoms with van der Waals surface area (Å²) in [5.74, 6) is 0.233. The van der Waals surface area contributed by atoms with Gasteiger partial charge in [-0.15, -0.1) is 0 Å². The fraction of sp³-hybridized carbons (Fsp3) is 0.625. The first-order chi connectivity index (χ1) is 10.6. The van der Waals surface area contributed by atoms with Gasteiger partial charge in [-0.2, -0.15) is 8.78 Å². The van der Waals surface area contributed by atoms with Crippen LogP contribution in [0.1, 0.15) is 25.5 Å². The van der Waals surface area contributed by atoms with E-state index in [0.717, 1.165) is 38.4 Å². The molecule has 1 heterocycles. The number of hydrogen-bond donors (Lipinski definition) is 1. The maximum absolute atomic E-state index is 12.5. The van der Waals surface area contributed by atoms with Gasteiger partial charge in [0.25, 0.3) is 0 Å². The Morgan fingerprint density at radius 2 is 1.91 bits per heavy atom. The topological polar surface area (TPSA) is 33.7 Å².